The Hall–Kier alpha value is -0.950. The molecule has 7 heteroatoms. The van der Waals surface area contributed by atoms with Crippen molar-refractivity contribution in [2.24, 2.45) is 5.73 Å². The second kappa shape index (κ2) is 10.1. The highest BCUT2D eigenvalue weighted by Gasteiger charge is 2.10. The van der Waals surface area contributed by atoms with Gasteiger partial charge < -0.3 is 20.9 Å². The zero-order valence-electron chi connectivity index (χ0n) is 8.19. The number of carbonyl (C=O) groups is 2. The first-order valence-electron chi connectivity index (χ1n) is 3.93. The first-order valence-corrected chi connectivity index (χ1v) is 4.56. The van der Waals surface area contributed by atoms with Gasteiger partial charge in [0.2, 0.25) is 0 Å². The summed E-state index contributed by atoms with van der Waals surface area (Å²) >= 11 is 3.82. The lowest BCUT2D eigenvalue weighted by Gasteiger charge is -2.05. The minimum absolute atomic E-state index is 0.332. The summed E-state index contributed by atoms with van der Waals surface area (Å²) in [6, 6.07) is -0.576. The van der Waals surface area contributed by atoms with Crippen molar-refractivity contribution < 1.29 is 19.4 Å². The zero-order chi connectivity index (χ0) is 11.6. The maximum absolute atomic E-state index is 10.6. The Balaban J connectivity index is 0. The third-order valence-electron chi connectivity index (χ3n) is 1.000. The molecule has 0 aliphatic rings. The van der Waals surface area contributed by atoms with Gasteiger partial charge in [0.25, 0.3) is 0 Å². The second-order valence-corrected chi connectivity index (χ2v) is 2.46. The number of carboxylic acid groups (broad SMARTS) is 1. The van der Waals surface area contributed by atoms with Crippen molar-refractivity contribution in [3.63, 3.8) is 0 Å². The van der Waals surface area contributed by atoms with E-state index in [0.717, 1.165) is 0 Å². The molecular formula is C7H16N2O4S. The molecule has 14 heavy (non-hydrogen) atoms. The number of hydrogen-bond acceptors (Lipinski definition) is 5. The third kappa shape index (κ3) is 11.1. The van der Waals surface area contributed by atoms with Crippen LogP contribution in [0.15, 0.2) is 0 Å². The summed E-state index contributed by atoms with van der Waals surface area (Å²) in [4.78, 5) is 19.8. The van der Waals surface area contributed by atoms with Crippen LogP contribution in [0, 0.1) is 0 Å². The van der Waals surface area contributed by atoms with Gasteiger partial charge in [-0.05, 0) is 6.92 Å². The lowest BCUT2D eigenvalue weighted by molar-refractivity contribution is -0.144. The number of hydrogen-bond donors (Lipinski definition) is 4. The average Bonchev–Trinajstić information content (AvgIpc) is 2.17. The Labute approximate surface area is 88.2 Å². The van der Waals surface area contributed by atoms with Gasteiger partial charge in [0.15, 0.2) is 0 Å². The molecule has 1 amide bonds. The lowest BCUT2D eigenvalue weighted by atomic mass is 10.4. The van der Waals surface area contributed by atoms with E-state index in [1.807, 2.05) is 5.32 Å². The summed E-state index contributed by atoms with van der Waals surface area (Å²) < 4.78 is 4.58. The van der Waals surface area contributed by atoms with Gasteiger partial charge in [-0.3, -0.25) is 4.79 Å². The number of nitrogens with one attached hydrogen (secondary N) is 1. The van der Waals surface area contributed by atoms with E-state index in [2.05, 4.69) is 17.4 Å². The van der Waals surface area contributed by atoms with Gasteiger partial charge >= 0.3 is 12.1 Å². The van der Waals surface area contributed by atoms with E-state index in [1.54, 1.807) is 6.92 Å². The minimum Gasteiger partial charge on any atom is -0.465 e. The molecule has 0 unspecified atom stereocenters. The molecule has 84 valence electrons. The maximum Gasteiger partial charge on any atom is 0.404 e. The molecule has 1 atom stereocenters. The summed E-state index contributed by atoms with van der Waals surface area (Å²) in [5, 5.41) is 9.56. The lowest BCUT2D eigenvalue weighted by Crippen LogP contribution is -2.33. The van der Waals surface area contributed by atoms with Gasteiger partial charge in [-0.1, -0.05) is 0 Å². The monoisotopic (exact) mass is 224 g/mol. The number of carbonyl (C=O) groups excluding carboxylic acids is 1. The van der Waals surface area contributed by atoms with Crippen molar-refractivity contribution >= 4 is 24.7 Å². The van der Waals surface area contributed by atoms with Gasteiger partial charge in [-0.25, -0.2) is 4.79 Å². The van der Waals surface area contributed by atoms with Crippen LogP contribution in [0.5, 0.6) is 0 Å². The fraction of sp³-hybridized carbons (Fsp3) is 0.714. The van der Waals surface area contributed by atoms with Crippen LogP contribution in [0.2, 0.25) is 0 Å². The molecule has 0 saturated carbocycles. The van der Waals surface area contributed by atoms with Crippen LogP contribution in [0.4, 0.5) is 4.79 Å². The number of rotatable bonds is 3. The van der Waals surface area contributed by atoms with Crippen LogP contribution < -0.4 is 11.1 Å². The molecule has 6 nitrogen and oxygen atoms in total. The van der Waals surface area contributed by atoms with Crippen LogP contribution in [-0.2, 0) is 9.53 Å². The summed E-state index contributed by atoms with van der Waals surface area (Å²) in [7, 11) is 1.35. The van der Waals surface area contributed by atoms with Crippen LogP contribution in [0.1, 0.15) is 6.92 Å². The van der Waals surface area contributed by atoms with Crippen molar-refractivity contribution in [2.75, 3.05) is 19.4 Å². The molecule has 0 spiro atoms. The summed E-state index contributed by atoms with van der Waals surface area (Å²) in [5.41, 5.74) is 5.25. The Kier molecular flexibility index (Phi) is 11.2. The Morgan fingerprint density at radius 3 is 2.29 bits per heavy atom. The highest BCUT2D eigenvalue weighted by Crippen LogP contribution is 1.87. The molecule has 4 N–H and O–H groups in total. The third-order valence-corrected chi connectivity index (χ3v) is 1.39. The molecule has 0 aromatic carbocycles. The Bertz CT molecular complexity index is 177. The van der Waals surface area contributed by atoms with E-state index in [1.165, 1.54) is 7.05 Å². The molecule has 0 aromatic rings. The molecule has 0 fully saturated rings. The van der Waals surface area contributed by atoms with Crippen molar-refractivity contribution in [2.45, 2.75) is 13.0 Å². The molecule has 0 aliphatic heterocycles. The number of amides is 1. The predicted octanol–water partition coefficient (Wildman–Crippen LogP) is -0.310. The molecule has 0 heterocycles. The molecular weight excluding hydrogens is 208 g/mol. The minimum atomic E-state index is -0.995. The van der Waals surface area contributed by atoms with Gasteiger partial charge in [0.1, 0.15) is 6.04 Å². The highest BCUT2D eigenvalue weighted by molar-refractivity contribution is 7.80. The van der Waals surface area contributed by atoms with E-state index in [0.29, 0.717) is 12.4 Å². The van der Waals surface area contributed by atoms with E-state index in [4.69, 9.17) is 10.8 Å². The van der Waals surface area contributed by atoms with Crippen molar-refractivity contribution in [1.29, 1.82) is 0 Å². The average molecular weight is 224 g/mol. The fourth-order valence-corrected chi connectivity index (χ4v) is 0.473. The first kappa shape index (κ1) is 15.5. The molecule has 0 radical (unpaired) electrons. The zero-order valence-corrected chi connectivity index (χ0v) is 9.08. The van der Waals surface area contributed by atoms with E-state index in [-0.39, 0.29) is 5.97 Å². The SMILES string of the molecule is CCOC(=O)[C@@H](N)CS.CNC(=O)O. The first-order chi connectivity index (χ1) is 6.49. The standard InChI is InChI=1S/C5H11NO2S.C2H5NO2/c1-2-8-5(7)4(6)3-9;1-3-2(4)5/h4,9H,2-3,6H2,1H3;3H,1H3,(H,4,5)/t4-;/m0./s1. The van der Waals surface area contributed by atoms with Crippen molar-refractivity contribution in [1.82, 2.24) is 5.32 Å². The Morgan fingerprint density at radius 1 is 1.64 bits per heavy atom. The Morgan fingerprint density at radius 2 is 2.07 bits per heavy atom. The van der Waals surface area contributed by atoms with Gasteiger partial charge in [-0.15, -0.1) is 0 Å². The largest absolute Gasteiger partial charge is 0.465 e. The number of nitrogens with two attached hydrogens (primary N) is 1. The smallest absolute Gasteiger partial charge is 0.404 e. The number of thiol groups is 1. The van der Waals surface area contributed by atoms with Gasteiger partial charge in [-0.2, -0.15) is 12.6 Å². The normalized spacial score (nSPS) is 10.6. The van der Waals surface area contributed by atoms with Gasteiger partial charge in [0, 0.05) is 12.8 Å². The van der Waals surface area contributed by atoms with Crippen molar-refractivity contribution in [3.05, 3.63) is 0 Å². The predicted molar refractivity (Wildman–Crippen MR) is 55.5 cm³/mol. The summed E-state index contributed by atoms with van der Waals surface area (Å²) in [6.45, 7) is 2.11. The van der Waals surface area contributed by atoms with E-state index >= 15 is 0 Å². The van der Waals surface area contributed by atoms with Crippen LogP contribution in [0.3, 0.4) is 0 Å². The van der Waals surface area contributed by atoms with Crippen LogP contribution >= 0.6 is 12.6 Å². The van der Waals surface area contributed by atoms with Crippen LogP contribution in [0.25, 0.3) is 0 Å². The van der Waals surface area contributed by atoms with Crippen LogP contribution in [-0.4, -0.2) is 42.6 Å². The van der Waals surface area contributed by atoms with Gasteiger partial charge in [0.05, 0.1) is 6.61 Å². The number of ether oxygens (including phenoxy) is 1. The summed E-state index contributed by atoms with van der Waals surface area (Å²) in [5.74, 6) is -0.0498. The highest BCUT2D eigenvalue weighted by atomic mass is 32.1. The molecule has 0 rings (SSSR count). The molecule has 0 aromatic heterocycles. The van der Waals surface area contributed by atoms with Crippen molar-refractivity contribution in [3.8, 4) is 0 Å². The molecule has 0 aliphatic carbocycles. The fourth-order valence-electron chi connectivity index (χ4n) is 0.324. The topological polar surface area (TPSA) is 102 Å². The quantitative estimate of drug-likeness (QED) is 0.389. The van der Waals surface area contributed by atoms with E-state index < -0.39 is 12.1 Å². The molecule has 0 saturated heterocycles. The summed E-state index contributed by atoms with van der Waals surface area (Å²) in [6.07, 6.45) is -0.995. The number of esters is 1. The second-order valence-electron chi connectivity index (χ2n) is 2.10. The van der Waals surface area contributed by atoms with E-state index in [9.17, 15) is 9.59 Å². The molecule has 0 bridgehead atoms. The maximum atomic E-state index is 10.6.